The summed E-state index contributed by atoms with van der Waals surface area (Å²) in [5.41, 5.74) is 0.792. The molecule has 6 heteroatoms. The monoisotopic (exact) mass is 380 g/mol. The fourth-order valence-electron chi connectivity index (χ4n) is 4.48. The summed E-state index contributed by atoms with van der Waals surface area (Å²) in [4.78, 5) is 31.5. The Morgan fingerprint density at radius 1 is 0.793 bits per heavy atom. The molecule has 4 aromatic carbocycles. The fraction of sp³-hybridized carbons (Fsp3) is 0.0870. The lowest BCUT2D eigenvalue weighted by Gasteiger charge is -2.13. The van der Waals surface area contributed by atoms with Gasteiger partial charge in [0.25, 0.3) is 5.56 Å². The van der Waals surface area contributed by atoms with Crippen LogP contribution >= 0.6 is 0 Å². The van der Waals surface area contributed by atoms with Crippen molar-refractivity contribution in [3.05, 3.63) is 75.4 Å². The lowest BCUT2D eigenvalue weighted by Crippen LogP contribution is -2.29. The van der Waals surface area contributed by atoms with Gasteiger partial charge < -0.3 is 4.57 Å². The zero-order valence-electron chi connectivity index (χ0n) is 15.9. The molecule has 0 fully saturated rings. The molecule has 0 spiro atoms. The first-order valence-electron chi connectivity index (χ1n) is 9.37. The number of fused-ring (bicyclic) bond motifs is 1. The van der Waals surface area contributed by atoms with Crippen molar-refractivity contribution >= 4 is 43.5 Å². The van der Waals surface area contributed by atoms with E-state index in [4.69, 9.17) is 4.98 Å². The van der Waals surface area contributed by atoms with Crippen LogP contribution in [0, 0.1) is 0 Å². The molecule has 0 bridgehead atoms. The first kappa shape index (κ1) is 16.1. The molecule has 0 aliphatic rings. The molecular formula is C23H16N4O2. The lowest BCUT2D eigenvalue weighted by molar-refractivity contribution is 0.829. The molecule has 0 aliphatic carbocycles. The number of nitrogens with one attached hydrogen (secondary N) is 1. The van der Waals surface area contributed by atoms with E-state index in [1.165, 1.54) is 26.1 Å². The normalized spacial score (nSPS) is 12.1. The van der Waals surface area contributed by atoms with Gasteiger partial charge in [-0.2, -0.15) is 0 Å². The number of aromatic amines is 1. The third kappa shape index (κ3) is 1.97. The second-order valence-electron chi connectivity index (χ2n) is 7.45. The SMILES string of the molecule is Cn1c(-c2ccc3ccc4cccc5ccc2c3c45)nc2c1c(=O)[nH]c(=O)n2C. The van der Waals surface area contributed by atoms with E-state index in [1.54, 1.807) is 11.6 Å². The molecule has 6 aromatic rings. The van der Waals surface area contributed by atoms with Crippen LogP contribution in [0.4, 0.5) is 0 Å². The van der Waals surface area contributed by atoms with Crippen LogP contribution in [-0.2, 0) is 14.1 Å². The summed E-state index contributed by atoms with van der Waals surface area (Å²) in [6, 6.07) is 19.0. The van der Waals surface area contributed by atoms with E-state index in [9.17, 15) is 9.59 Å². The zero-order valence-corrected chi connectivity index (χ0v) is 15.9. The van der Waals surface area contributed by atoms with Gasteiger partial charge in [0.05, 0.1) is 0 Å². The van der Waals surface area contributed by atoms with Gasteiger partial charge in [-0.3, -0.25) is 14.3 Å². The molecular weight excluding hydrogens is 364 g/mol. The molecule has 0 amide bonds. The van der Waals surface area contributed by atoms with Gasteiger partial charge in [0.1, 0.15) is 5.82 Å². The molecule has 2 heterocycles. The number of rotatable bonds is 1. The standard InChI is InChI=1S/C23H16N4O2/c1-26-19-21(27(2)23(29)25-22(19)28)24-20(26)16-11-9-14-7-6-12-4-3-5-13-8-10-15(16)18(14)17(12)13/h3-11H,1-2H3,(H,25,28,29). The van der Waals surface area contributed by atoms with Crippen molar-refractivity contribution in [2.75, 3.05) is 0 Å². The minimum Gasteiger partial charge on any atom is -0.321 e. The first-order chi connectivity index (χ1) is 14.0. The maximum absolute atomic E-state index is 12.4. The summed E-state index contributed by atoms with van der Waals surface area (Å²) in [5.74, 6) is 0.657. The van der Waals surface area contributed by atoms with Gasteiger partial charge >= 0.3 is 5.69 Å². The molecule has 0 saturated carbocycles. The number of imidazole rings is 1. The van der Waals surface area contributed by atoms with Crippen molar-refractivity contribution in [3.8, 4) is 11.4 Å². The highest BCUT2D eigenvalue weighted by molar-refractivity contribution is 6.25. The molecule has 2 aromatic heterocycles. The van der Waals surface area contributed by atoms with Crippen molar-refractivity contribution in [1.82, 2.24) is 19.1 Å². The van der Waals surface area contributed by atoms with E-state index in [1.807, 2.05) is 13.1 Å². The van der Waals surface area contributed by atoms with Crippen molar-refractivity contribution < 1.29 is 0 Å². The van der Waals surface area contributed by atoms with Crippen molar-refractivity contribution in [2.24, 2.45) is 14.1 Å². The van der Waals surface area contributed by atoms with E-state index in [0.717, 1.165) is 16.3 Å². The topological polar surface area (TPSA) is 72.7 Å². The molecule has 0 radical (unpaired) electrons. The Labute approximate surface area is 164 Å². The van der Waals surface area contributed by atoms with Crippen molar-refractivity contribution in [3.63, 3.8) is 0 Å². The minimum absolute atomic E-state index is 0.377. The smallest absolute Gasteiger partial charge is 0.321 e. The van der Waals surface area contributed by atoms with Gasteiger partial charge in [-0.05, 0) is 32.3 Å². The van der Waals surface area contributed by atoms with Gasteiger partial charge in [0.2, 0.25) is 0 Å². The molecule has 0 unspecified atom stereocenters. The Hall–Kier alpha value is -3.93. The van der Waals surface area contributed by atoms with Crippen LogP contribution in [0.25, 0.3) is 54.9 Å². The van der Waals surface area contributed by atoms with Crippen LogP contribution in [0.15, 0.2) is 64.2 Å². The highest BCUT2D eigenvalue weighted by Crippen LogP contribution is 2.39. The highest BCUT2D eigenvalue weighted by atomic mass is 16.2. The van der Waals surface area contributed by atoms with Gasteiger partial charge in [-0.1, -0.05) is 54.6 Å². The Balaban J connectivity index is 1.80. The van der Waals surface area contributed by atoms with Gasteiger partial charge in [-0.25, -0.2) is 9.78 Å². The zero-order chi connectivity index (χ0) is 19.9. The molecule has 1 N–H and O–H groups in total. The van der Waals surface area contributed by atoms with Crippen LogP contribution in [0.2, 0.25) is 0 Å². The summed E-state index contributed by atoms with van der Waals surface area (Å²) in [5, 5.41) is 7.05. The fourth-order valence-corrected chi connectivity index (χ4v) is 4.48. The van der Waals surface area contributed by atoms with Crippen LogP contribution < -0.4 is 11.2 Å². The first-order valence-corrected chi connectivity index (χ1v) is 9.37. The Bertz CT molecular complexity index is 1700. The molecule has 6 nitrogen and oxygen atoms in total. The maximum atomic E-state index is 12.4. The van der Waals surface area contributed by atoms with Crippen molar-refractivity contribution in [1.29, 1.82) is 0 Å². The second-order valence-corrected chi connectivity index (χ2v) is 7.45. The summed E-state index contributed by atoms with van der Waals surface area (Å²) in [6.07, 6.45) is 0. The second kappa shape index (κ2) is 5.32. The molecule has 0 aliphatic heterocycles. The van der Waals surface area contributed by atoms with Gasteiger partial charge in [0.15, 0.2) is 11.2 Å². The van der Waals surface area contributed by atoms with Crippen LogP contribution in [0.5, 0.6) is 0 Å². The Morgan fingerprint density at radius 2 is 1.45 bits per heavy atom. The summed E-state index contributed by atoms with van der Waals surface area (Å²) >= 11 is 0. The number of aromatic nitrogens is 4. The third-order valence-corrected chi connectivity index (χ3v) is 5.90. The summed E-state index contributed by atoms with van der Waals surface area (Å²) in [6.45, 7) is 0. The number of aryl methyl sites for hydroxylation is 2. The average molecular weight is 380 g/mol. The Kier molecular flexibility index (Phi) is 2.95. The van der Waals surface area contributed by atoms with Crippen LogP contribution in [0.3, 0.4) is 0 Å². The number of hydrogen-bond donors (Lipinski definition) is 1. The number of benzene rings is 4. The molecule has 0 atom stereocenters. The number of nitrogens with zero attached hydrogens (tertiary/aromatic N) is 3. The number of hydrogen-bond acceptors (Lipinski definition) is 3. The number of H-pyrrole nitrogens is 1. The van der Waals surface area contributed by atoms with Gasteiger partial charge in [0, 0.05) is 19.7 Å². The third-order valence-electron chi connectivity index (χ3n) is 5.90. The van der Waals surface area contributed by atoms with Gasteiger partial charge in [-0.15, -0.1) is 0 Å². The largest absolute Gasteiger partial charge is 0.329 e. The highest BCUT2D eigenvalue weighted by Gasteiger charge is 2.19. The van der Waals surface area contributed by atoms with E-state index in [2.05, 4.69) is 53.5 Å². The van der Waals surface area contributed by atoms with E-state index in [0.29, 0.717) is 17.0 Å². The minimum atomic E-state index is -0.470. The average Bonchev–Trinajstić information content (AvgIpc) is 3.08. The molecule has 0 saturated heterocycles. The van der Waals surface area contributed by atoms with Crippen molar-refractivity contribution in [2.45, 2.75) is 0 Å². The maximum Gasteiger partial charge on any atom is 0.329 e. The summed E-state index contributed by atoms with van der Waals surface area (Å²) < 4.78 is 3.13. The van der Waals surface area contributed by atoms with E-state index >= 15 is 0 Å². The van der Waals surface area contributed by atoms with Crippen LogP contribution in [-0.4, -0.2) is 19.1 Å². The van der Waals surface area contributed by atoms with E-state index in [-0.39, 0.29) is 0 Å². The Morgan fingerprint density at radius 3 is 2.21 bits per heavy atom. The quantitative estimate of drug-likeness (QED) is 0.444. The summed E-state index contributed by atoms with van der Waals surface area (Å²) in [7, 11) is 3.42. The predicted octanol–water partition coefficient (Wildman–Crippen LogP) is 3.52. The molecule has 29 heavy (non-hydrogen) atoms. The lowest BCUT2D eigenvalue weighted by atomic mass is 9.92. The predicted molar refractivity (Wildman–Crippen MR) is 116 cm³/mol. The molecule has 140 valence electrons. The van der Waals surface area contributed by atoms with E-state index < -0.39 is 11.2 Å². The molecule has 6 rings (SSSR count). The van der Waals surface area contributed by atoms with Crippen LogP contribution in [0.1, 0.15) is 0 Å².